The minimum absolute atomic E-state index is 0.800. The second-order valence-corrected chi connectivity index (χ2v) is 3.17. The molecule has 0 aliphatic carbocycles. The number of fused-ring (bicyclic) bond motifs is 1. The Kier molecular flexibility index (Phi) is 1.17. The fraction of sp³-hybridized carbons (Fsp3) is 0. The number of halogens is 1. The zero-order chi connectivity index (χ0) is 7.14. The Morgan fingerprint density at radius 2 is 2.40 bits per heavy atom. The van der Waals surface area contributed by atoms with Crippen molar-refractivity contribution in [2.75, 3.05) is 5.73 Å². The number of rotatable bonds is 0. The maximum absolute atomic E-state index is 5.66. The summed E-state index contributed by atoms with van der Waals surface area (Å²) in [4.78, 5) is 3.06. The molecule has 0 saturated carbocycles. The van der Waals surface area contributed by atoms with Gasteiger partial charge in [0, 0.05) is 12.4 Å². The average molecular weight is 247 g/mol. The molecule has 0 radical (unpaired) electrons. The van der Waals surface area contributed by atoms with Crippen molar-refractivity contribution in [2.45, 2.75) is 0 Å². The molecule has 0 fully saturated rings. The number of nitrogen functional groups attached to an aromatic ring is 1. The largest absolute Gasteiger partial charge is 0.396 e. The van der Waals surface area contributed by atoms with Crippen LogP contribution in [-0.2, 0) is 0 Å². The van der Waals surface area contributed by atoms with Crippen LogP contribution >= 0.6 is 22.9 Å². The van der Waals surface area contributed by atoms with Crippen molar-refractivity contribution in [3.63, 3.8) is 0 Å². The summed E-state index contributed by atoms with van der Waals surface area (Å²) in [6.45, 7) is 0. The van der Waals surface area contributed by atoms with E-state index in [0.29, 0.717) is 0 Å². The highest BCUT2D eigenvalue weighted by atomic mass is 127. The van der Waals surface area contributed by atoms with Crippen LogP contribution in [0.25, 0.3) is 11.0 Å². The summed E-state index contributed by atoms with van der Waals surface area (Å²) < 4.78 is 1.97. The number of hydrogen-bond acceptors (Lipinski definition) is 1. The third kappa shape index (κ3) is 0.650. The molecular weight excluding hydrogens is 241 g/mol. The van der Waals surface area contributed by atoms with Crippen molar-refractivity contribution in [3.05, 3.63) is 18.5 Å². The molecular formula is C6H6IN3. The Balaban J connectivity index is 2.98. The van der Waals surface area contributed by atoms with E-state index in [1.165, 1.54) is 0 Å². The van der Waals surface area contributed by atoms with Gasteiger partial charge < -0.3 is 10.7 Å². The number of anilines is 1. The van der Waals surface area contributed by atoms with Crippen molar-refractivity contribution in [2.24, 2.45) is 0 Å². The number of hydrogen-bond donors (Lipinski definition) is 2. The van der Waals surface area contributed by atoms with Crippen molar-refractivity contribution >= 4 is 39.6 Å². The summed E-state index contributed by atoms with van der Waals surface area (Å²) in [6.07, 6.45) is 3.78. The van der Waals surface area contributed by atoms with Gasteiger partial charge in [0.25, 0.3) is 0 Å². The van der Waals surface area contributed by atoms with Gasteiger partial charge >= 0.3 is 0 Å². The Labute approximate surface area is 71.7 Å². The molecule has 0 aliphatic rings. The number of nitrogens with zero attached hydrogens (tertiary/aromatic N) is 1. The van der Waals surface area contributed by atoms with Gasteiger partial charge in [0.05, 0.1) is 39.6 Å². The zero-order valence-corrected chi connectivity index (χ0v) is 7.29. The summed E-state index contributed by atoms with van der Waals surface area (Å²) in [6, 6.07) is 2.00. The van der Waals surface area contributed by atoms with Crippen LogP contribution in [0.1, 0.15) is 0 Å². The van der Waals surface area contributed by atoms with Crippen LogP contribution in [0.5, 0.6) is 0 Å². The molecule has 0 atom stereocenters. The van der Waals surface area contributed by atoms with E-state index in [9.17, 15) is 0 Å². The molecule has 0 spiro atoms. The smallest absolute Gasteiger partial charge is 0.0877 e. The minimum Gasteiger partial charge on any atom is -0.396 e. The standard InChI is InChI=1S/C6H6IN3/c7-10-3-4(8)6-5(10)1-2-9-6/h1-3,9H,8H2. The van der Waals surface area contributed by atoms with Crippen molar-refractivity contribution in [1.82, 2.24) is 7.76 Å². The van der Waals surface area contributed by atoms with Gasteiger partial charge in [-0.05, 0) is 6.07 Å². The van der Waals surface area contributed by atoms with Gasteiger partial charge in [0.1, 0.15) is 0 Å². The lowest BCUT2D eigenvalue weighted by Crippen LogP contribution is -1.79. The number of nitrogens with two attached hydrogens (primary N) is 1. The molecule has 2 heterocycles. The van der Waals surface area contributed by atoms with Crippen molar-refractivity contribution in [1.29, 1.82) is 0 Å². The van der Waals surface area contributed by atoms with E-state index in [4.69, 9.17) is 5.73 Å². The minimum atomic E-state index is 0.800. The Bertz CT molecular complexity index is 328. The maximum atomic E-state index is 5.66. The molecule has 0 unspecified atom stereocenters. The first kappa shape index (κ1) is 6.09. The molecule has 3 N–H and O–H groups in total. The molecule has 3 nitrogen and oxygen atoms in total. The predicted molar refractivity (Wildman–Crippen MR) is 50.1 cm³/mol. The molecule has 2 rings (SSSR count). The lowest BCUT2D eigenvalue weighted by atomic mass is 10.4. The van der Waals surface area contributed by atoms with E-state index in [1.807, 2.05) is 21.2 Å². The number of aromatic amines is 1. The third-order valence-electron chi connectivity index (χ3n) is 1.50. The SMILES string of the molecule is Nc1cn(I)c2cc[nH]c12. The molecule has 52 valence electrons. The fourth-order valence-electron chi connectivity index (χ4n) is 1.03. The average Bonchev–Trinajstić information content (AvgIpc) is 2.39. The van der Waals surface area contributed by atoms with Crippen LogP contribution in [0, 0.1) is 0 Å². The molecule has 2 aromatic rings. The highest BCUT2D eigenvalue weighted by Gasteiger charge is 2.02. The van der Waals surface area contributed by atoms with E-state index < -0.39 is 0 Å². The zero-order valence-electron chi connectivity index (χ0n) is 5.13. The van der Waals surface area contributed by atoms with E-state index >= 15 is 0 Å². The van der Waals surface area contributed by atoms with Gasteiger partial charge in [0.15, 0.2) is 0 Å². The van der Waals surface area contributed by atoms with Crippen LogP contribution in [-0.4, -0.2) is 7.76 Å². The molecule has 2 aromatic heterocycles. The molecule has 4 heteroatoms. The maximum Gasteiger partial charge on any atom is 0.0877 e. The Morgan fingerprint density at radius 1 is 1.60 bits per heavy atom. The monoisotopic (exact) mass is 247 g/mol. The first-order chi connectivity index (χ1) is 4.79. The van der Waals surface area contributed by atoms with Crippen LogP contribution in [0.4, 0.5) is 5.69 Å². The molecule has 0 aromatic carbocycles. The fourth-order valence-corrected chi connectivity index (χ4v) is 1.73. The molecule has 0 bridgehead atoms. The summed E-state index contributed by atoms with van der Waals surface area (Å²) in [5, 5.41) is 0. The number of H-pyrrole nitrogens is 1. The van der Waals surface area contributed by atoms with E-state index in [2.05, 4.69) is 27.8 Å². The summed E-state index contributed by atoms with van der Waals surface area (Å²) in [5.41, 5.74) is 8.62. The topological polar surface area (TPSA) is 46.7 Å². The van der Waals surface area contributed by atoms with Crippen LogP contribution in [0.2, 0.25) is 0 Å². The second-order valence-electron chi connectivity index (χ2n) is 2.13. The highest BCUT2D eigenvalue weighted by Crippen LogP contribution is 2.22. The van der Waals surface area contributed by atoms with Crippen molar-refractivity contribution < 1.29 is 0 Å². The summed E-state index contributed by atoms with van der Waals surface area (Å²) >= 11 is 2.19. The molecule has 0 amide bonds. The van der Waals surface area contributed by atoms with E-state index in [0.717, 1.165) is 16.7 Å². The van der Waals surface area contributed by atoms with E-state index in [1.54, 1.807) is 0 Å². The Hall–Kier alpha value is -0.650. The lowest BCUT2D eigenvalue weighted by Gasteiger charge is -1.82. The molecule has 10 heavy (non-hydrogen) atoms. The van der Waals surface area contributed by atoms with Crippen molar-refractivity contribution in [3.8, 4) is 0 Å². The second kappa shape index (κ2) is 1.91. The summed E-state index contributed by atoms with van der Waals surface area (Å²) in [5.74, 6) is 0. The number of aromatic nitrogens is 2. The highest BCUT2D eigenvalue weighted by molar-refractivity contribution is 14.1. The quantitative estimate of drug-likeness (QED) is 0.684. The van der Waals surface area contributed by atoms with E-state index in [-0.39, 0.29) is 0 Å². The summed E-state index contributed by atoms with van der Waals surface area (Å²) in [7, 11) is 0. The van der Waals surface area contributed by atoms with Crippen LogP contribution in [0.15, 0.2) is 18.5 Å². The molecule has 0 saturated heterocycles. The lowest BCUT2D eigenvalue weighted by molar-refractivity contribution is 1.42. The first-order valence-corrected chi connectivity index (χ1v) is 3.85. The first-order valence-electron chi connectivity index (χ1n) is 2.89. The van der Waals surface area contributed by atoms with Gasteiger partial charge in [-0.2, -0.15) is 0 Å². The Morgan fingerprint density at radius 3 is 3.10 bits per heavy atom. The van der Waals surface area contributed by atoms with Gasteiger partial charge in [-0.25, -0.2) is 0 Å². The van der Waals surface area contributed by atoms with Gasteiger partial charge in [-0.1, -0.05) is 0 Å². The number of nitrogens with one attached hydrogen (secondary N) is 1. The van der Waals surface area contributed by atoms with Crippen LogP contribution in [0.3, 0.4) is 0 Å². The predicted octanol–water partition coefficient (Wildman–Crippen LogP) is 1.75. The normalized spacial score (nSPS) is 10.9. The third-order valence-corrected chi connectivity index (χ3v) is 2.29. The van der Waals surface area contributed by atoms with Gasteiger partial charge in [0.2, 0.25) is 0 Å². The van der Waals surface area contributed by atoms with Crippen LogP contribution < -0.4 is 5.73 Å². The van der Waals surface area contributed by atoms with Gasteiger partial charge in [-0.15, -0.1) is 0 Å². The molecule has 0 aliphatic heterocycles. The van der Waals surface area contributed by atoms with Gasteiger partial charge in [-0.3, -0.25) is 2.78 Å².